The quantitative estimate of drug-likeness (QED) is 0.434. The Bertz CT molecular complexity index is 520. The second-order valence-electron chi connectivity index (χ2n) is 5.04. The maximum atomic E-state index is 10.7. The number of hydrogen-bond donors (Lipinski definition) is 0. The highest BCUT2D eigenvalue weighted by atomic mass is 16.6. The standard InChI is InChI=1S/C14H18N2O4/c1-14(2,10-15)7-4-8-20-13-9-11(16(17)18)5-6-12(13)19-3/h5-6,9H,4,7-8H2,1-3H3. The van der Waals surface area contributed by atoms with E-state index >= 15 is 0 Å². The highest BCUT2D eigenvalue weighted by molar-refractivity contribution is 5.48. The van der Waals surface area contributed by atoms with Gasteiger partial charge in [0.15, 0.2) is 11.5 Å². The fourth-order valence-corrected chi connectivity index (χ4v) is 1.64. The van der Waals surface area contributed by atoms with E-state index in [1.807, 2.05) is 13.8 Å². The van der Waals surface area contributed by atoms with Gasteiger partial charge in [-0.05, 0) is 32.8 Å². The average molecular weight is 278 g/mol. The number of nitriles is 1. The molecule has 20 heavy (non-hydrogen) atoms. The third-order valence-corrected chi connectivity index (χ3v) is 2.86. The SMILES string of the molecule is COc1ccc([N+](=O)[O-])cc1OCCCC(C)(C)C#N. The minimum absolute atomic E-state index is 0.0434. The summed E-state index contributed by atoms with van der Waals surface area (Å²) in [6.45, 7) is 4.10. The lowest BCUT2D eigenvalue weighted by Crippen LogP contribution is -2.10. The maximum Gasteiger partial charge on any atom is 0.273 e. The Balaban J connectivity index is 2.65. The Morgan fingerprint density at radius 3 is 2.65 bits per heavy atom. The molecule has 6 heteroatoms. The van der Waals surface area contributed by atoms with Crippen LogP contribution in [0.4, 0.5) is 5.69 Å². The van der Waals surface area contributed by atoms with Crippen molar-refractivity contribution in [2.45, 2.75) is 26.7 Å². The second kappa shape index (κ2) is 6.75. The normalized spacial score (nSPS) is 10.7. The van der Waals surface area contributed by atoms with E-state index in [1.165, 1.54) is 25.3 Å². The van der Waals surface area contributed by atoms with Crippen LogP contribution in [0.3, 0.4) is 0 Å². The van der Waals surface area contributed by atoms with Crippen LogP contribution in [0, 0.1) is 26.9 Å². The summed E-state index contributed by atoms with van der Waals surface area (Å²) in [6.07, 6.45) is 1.38. The van der Waals surface area contributed by atoms with Gasteiger partial charge in [-0.2, -0.15) is 5.26 Å². The fraction of sp³-hybridized carbons (Fsp3) is 0.500. The molecule has 0 aromatic heterocycles. The largest absolute Gasteiger partial charge is 0.493 e. The molecule has 1 aromatic rings. The molecule has 0 atom stereocenters. The molecule has 0 aliphatic carbocycles. The first-order valence-corrected chi connectivity index (χ1v) is 6.26. The molecule has 108 valence electrons. The first-order valence-electron chi connectivity index (χ1n) is 6.26. The van der Waals surface area contributed by atoms with Gasteiger partial charge in [0.1, 0.15) is 0 Å². The minimum atomic E-state index is -0.481. The Labute approximate surface area is 118 Å². The predicted octanol–water partition coefficient (Wildman–Crippen LogP) is 3.31. The molecular weight excluding hydrogens is 260 g/mol. The summed E-state index contributed by atoms with van der Waals surface area (Å²) < 4.78 is 10.6. The Morgan fingerprint density at radius 2 is 2.10 bits per heavy atom. The number of rotatable bonds is 7. The van der Waals surface area contributed by atoms with Gasteiger partial charge >= 0.3 is 0 Å². The van der Waals surface area contributed by atoms with Crippen molar-refractivity contribution in [1.82, 2.24) is 0 Å². The molecule has 0 unspecified atom stereocenters. The van der Waals surface area contributed by atoms with Crippen molar-refractivity contribution in [2.24, 2.45) is 5.41 Å². The van der Waals surface area contributed by atoms with E-state index < -0.39 is 10.3 Å². The number of ether oxygens (including phenoxy) is 2. The summed E-state index contributed by atoms with van der Waals surface area (Å²) in [7, 11) is 1.48. The van der Waals surface area contributed by atoms with Crippen molar-refractivity contribution < 1.29 is 14.4 Å². The molecule has 1 aromatic carbocycles. The van der Waals surface area contributed by atoms with E-state index in [-0.39, 0.29) is 5.69 Å². The first-order chi connectivity index (χ1) is 9.39. The van der Waals surface area contributed by atoms with Crippen molar-refractivity contribution in [2.75, 3.05) is 13.7 Å². The lowest BCUT2D eigenvalue weighted by Gasteiger charge is -2.15. The van der Waals surface area contributed by atoms with Crippen LogP contribution in [0.25, 0.3) is 0 Å². The van der Waals surface area contributed by atoms with Gasteiger partial charge < -0.3 is 9.47 Å². The summed E-state index contributed by atoms with van der Waals surface area (Å²) >= 11 is 0. The van der Waals surface area contributed by atoms with E-state index in [1.54, 1.807) is 0 Å². The van der Waals surface area contributed by atoms with Crippen molar-refractivity contribution in [3.8, 4) is 17.6 Å². The van der Waals surface area contributed by atoms with Crippen LogP contribution in [-0.4, -0.2) is 18.6 Å². The molecule has 0 fully saturated rings. The van der Waals surface area contributed by atoms with E-state index in [0.29, 0.717) is 30.9 Å². The summed E-state index contributed by atoms with van der Waals surface area (Å²) in [6, 6.07) is 6.43. The van der Waals surface area contributed by atoms with Crippen molar-refractivity contribution in [3.05, 3.63) is 28.3 Å². The van der Waals surface area contributed by atoms with Crippen molar-refractivity contribution >= 4 is 5.69 Å². The Kier molecular flexibility index (Phi) is 5.32. The minimum Gasteiger partial charge on any atom is -0.493 e. The molecule has 0 saturated heterocycles. The number of benzene rings is 1. The monoisotopic (exact) mass is 278 g/mol. The van der Waals surface area contributed by atoms with Crippen LogP contribution in [0.1, 0.15) is 26.7 Å². The number of non-ortho nitro benzene ring substituents is 1. The summed E-state index contributed by atoms with van der Waals surface area (Å²) in [5, 5.41) is 19.6. The highest BCUT2D eigenvalue weighted by Gasteiger charge is 2.16. The lowest BCUT2D eigenvalue weighted by atomic mass is 9.90. The molecule has 0 amide bonds. The van der Waals surface area contributed by atoms with Crippen LogP contribution >= 0.6 is 0 Å². The zero-order valence-corrected chi connectivity index (χ0v) is 11.9. The molecule has 0 bridgehead atoms. The van der Waals surface area contributed by atoms with Crippen LogP contribution in [0.2, 0.25) is 0 Å². The van der Waals surface area contributed by atoms with Crippen LogP contribution in [0.15, 0.2) is 18.2 Å². The topological polar surface area (TPSA) is 85.4 Å². The third kappa shape index (κ3) is 4.43. The number of methoxy groups -OCH3 is 1. The van der Waals surface area contributed by atoms with Gasteiger partial charge in [-0.3, -0.25) is 10.1 Å². The molecule has 0 saturated carbocycles. The zero-order valence-electron chi connectivity index (χ0n) is 11.9. The van der Waals surface area contributed by atoms with Crippen LogP contribution < -0.4 is 9.47 Å². The van der Waals surface area contributed by atoms with Crippen LogP contribution in [-0.2, 0) is 0 Å². The van der Waals surface area contributed by atoms with Crippen LogP contribution in [0.5, 0.6) is 11.5 Å². The Morgan fingerprint density at radius 1 is 1.40 bits per heavy atom. The van der Waals surface area contributed by atoms with Gasteiger partial charge in [-0.25, -0.2) is 0 Å². The molecule has 1 rings (SSSR count). The molecule has 0 aliphatic rings. The van der Waals surface area contributed by atoms with E-state index in [9.17, 15) is 10.1 Å². The van der Waals surface area contributed by atoms with E-state index in [4.69, 9.17) is 14.7 Å². The molecular formula is C14H18N2O4. The highest BCUT2D eigenvalue weighted by Crippen LogP contribution is 2.31. The number of nitro benzene ring substituents is 1. The summed E-state index contributed by atoms with van der Waals surface area (Å²) in [5.41, 5.74) is -0.436. The average Bonchev–Trinajstić information content (AvgIpc) is 2.43. The summed E-state index contributed by atoms with van der Waals surface area (Å²) in [4.78, 5) is 10.2. The smallest absolute Gasteiger partial charge is 0.273 e. The van der Waals surface area contributed by atoms with Gasteiger partial charge in [-0.15, -0.1) is 0 Å². The van der Waals surface area contributed by atoms with Gasteiger partial charge in [0.05, 0.1) is 36.2 Å². The Hall–Kier alpha value is -2.29. The molecule has 0 aliphatic heterocycles. The van der Waals surface area contributed by atoms with Gasteiger partial charge in [0.2, 0.25) is 0 Å². The maximum absolute atomic E-state index is 10.7. The van der Waals surface area contributed by atoms with Crippen molar-refractivity contribution in [3.63, 3.8) is 0 Å². The number of nitrogens with zero attached hydrogens (tertiary/aromatic N) is 2. The third-order valence-electron chi connectivity index (χ3n) is 2.86. The fourth-order valence-electron chi connectivity index (χ4n) is 1.64. The molecule has 0 heterocycles. The van der Waals surface area contributed by atoms with Gasteiger partial charge in [0, 0.05) is 6.07 Å². The van der Waals surface area contributed by atoms with Gasteiger partial charge in [-0.1, -0.05) is 0 Å². The number of nitro groups is 1. The van der Waals surface area contributed by atoms with E-state index in [2.05, 4.69) is 6.07 Å². The lowest BCUT2D eigenvalue weighted by molar-refractivity contribution is -0.385. The van der Waals surface area contributed by atoms with Crippen molar-refractivity contribution in [1.29, 1.82) is 5.26 Å². The predicted molar refractivity (Wildman–Crippen MR) is 73.8 cm³/mol. The first kappa shape index (κ1) is 15.8. The van der Waals surface area contributed by atoms with E-state index in [0.717, 1.165) is 0 Å². The molecule has 0 radical (unpaired) electrons. The zero-order chi connectivity index (χ0) is 15.2. The summed E-state index contributed by atoms with van der Waals surface area (Å²) in [5.74, 6) is 0.798. The molecule has 0 spiro atoms. The number of hydrogen-bond acceptors (Lipinski definition) is 5. The van der Waals surface area contributed by atoms with Gasteiger partial charge in [0.25, 0.3) is 5.69 Å². The molecule has 6 nitrogen and oxygen atoms in total. The molecule has 0 N–H and O–H groups in total. The second-order valence-corrected chi connectivity index (χ2v) is 5.04.